The van der Waals surface area contributed by atoms with E-state index in [-0.39, 0.29) is 17.7 Å². The second kappa shape index (κ2) is 6.05. The lowest BCUT2D eigenvalue weighted by Gasteiger charge is -2.22. The molecule has 2 rings (SSSR count). The van der Waals surface area contributed by atoms with Gasteiger partial charge in [0.15, 0.2) is 0 Å². The maximum Gasteiger partial charge on any atom is 0.253 e. The minimum Gasteiger partial charge on any atom is -0.369 e. The van der Waals surface area contributed by atoms with Crippen molar-refractivity contribution in [2.45, 2.75) is 6.92 Å². The molecule has 5 nitrogen and oxygen atoms in total. The van der Waals surface area contributed by atoms with Gasteiger partial charge in [-0.3, -0.25) is 9.59 Å². The number of nitrogens with zero attached hydrogens (tertiary/aromatic N) is 2. The number of likely N-dealkylation sites (N-methyl/N-ethyl adjacent to an activating group) is 1. The first kappa shape index (κ1) is 14.5. The third-order valence-electron chi connectivity index (χ3n) is 3.71. The quantitative estimate of drug-likeness (QED) is 0.854. The molecule has 1 aromatic carbocycles. The van der Waals surface area contributed by atoms with Crippen LogP contribution >= 0.6 is 0 Å². The Morgan fingerprint density at radius 3 is 2.40 bits per heavy atom. The van der Waals surface area contributed by atoms with E-state index in [0.29, 0.717) is 25.2 Å². The summed E-state index contributed by atoms with van der Waals surface area (Å²) in [5.41, 5.74) is 7.19. The van der Waals surface area contributed by atoms with Gasteiger partial charge >= 0.3 is 0 Å². The van der Waals surface area contributed by atoms with Crippen molar-refractivity contribution in [2.24, 2.45) is 11.7 Å². The third kappa shape index (κ3) is 3.36. The summed E-state index contributed by atoms with van der Waals surface area (Å²) in [5.74, 6) is -0.691. The molecule has 1 fully saturated rings. The zero-order valence-corrected chi connectivity index (χ0v) is 12.0. The Hall–Kier alpha value is -1.88. The maximum absolute atomic E-state index is 12.5. The van der Waals surface area contributed by atoms with Gasteiger partial charge in [-0.05, 0) is 26.1 Å². The van der Waals surface area contributed by atoms with Gasteiger partial charge in [0.05, 0.1) is 5.92 Å². The number of carbonyl (C=O) groups excluding carboxylic acids is 2. The highest BCUT2D eigenvalue weighted by molar-refractivity contribution is 5.94. The van der Waals surface area contributed by atoms with E-state index in [1.807, 2.05) is 43.1 Å². The van der Waals surface area contributed by atoms with Crippen LogP contribution in [-0.4, -0.2) is 54.8 Å². The van der Waals surface area contributed by atoms with Crippen LogP contribution in [-0.2, 0) is 4.79 Å². The van der Waals surface area contributed by atoms with Crippen molar-refractivity contribution >= 4 is 11.8 Å². The maximum atomic E-state index is 12.5. The van der Waals surface area contributed by atoms with Crippen LogP contribution < -0.4 is 5.73 Å². The van der Waals surface area contributed by atoms with Gasteiger partial charge in [-0.15, -0.1) is 0 Å². The minimum atomic E-state index is -0.347. The monoisotopic (exact) mass is 275 g/mol. The summed E-state index contributed by atoms with van der Waals surface area (Å²) in [6.45, 7) is 4.35. The van der Waals surface area contributed by atoms with Gasteiger partial charge in [-0.2, -0.15) is 0 Å². The second-order valence-corrected chi connectivity index (χ2v) is 5.48. The topological polar surface area (TPSA) is 66.6 Å². The number of amides is 2. The summed E-state index contributed by atoms with van der Waals surface area (Å²) in [7, 11) is 1.94. The number of rotatable bonds is 2. The van der Waals surface area contributed by atoms with Gasteiger partial charge in [0.25, 0.3) is 5.91 Å². The van der Waals surface area contributed by atoms with Crippen LogP contribution in [0, 0.1) is 12.8 Å². The average molecular weight is 275 g/mol. The first-order valence-corrected chi connectivity index (χ1v) is 6.81. The predicted octanol–water partition coefficient (Wildman–Crippen LogP) is 0.484. The Morgan fingerprint density at radius 2 is 1.80 bits per heavy atom. The van der Waals surface area contributed by atoms with Crippen LogP contribution in [0.5, 0.6) is 0 Å². The van der Waals surface area contributed by atoms with Gasteiger partial charge < -0.3 is 15.5 Å². The van der Waals surface area contributed by atoms with Crippen molar-refractivity contribution in [3.8, 4) is 0 Å². The van der Waals surface area contributed by atoms with Gasteiger partial charge in [-0.1, -0.05) is 17.7 Å². The normalized spacial score (nSPS) is 20.5. The molecule has 1 heterocycles. The molecule has 108 valence electrons. The lowest BCUT2D eigenvalue weighted by Crippen LogP contribution is -2.40. The lowest BCUT2D eigenvalue weighted by atomic mass is 10.1. The highest BCUT2D eigenvalue weighted by atomic mass is 16.2. The first-order chi connectivity index (χ1) is 9.47. The third-order valence-corrected chi connectivity index (χ3v) is 3.71. The molecule has 1 aliphatic heterocycles. The molecule has 5 heteroatoms. The predicted molar refractivity (Wildman–Crippen MR) is 77.3 cm³/mol. The van der Waals surface area contributed by atoms with Crippen LogP contribution in [0.15, 0.2) is 24.3 Å². The fourth-order valence-corrected chi connectivity index (χ4v) is 2.42. The molecule has 0 saturated carbocycles. The lowest BCUT2D eigenvalue weighted by molar-refractivity contribution is -0.122. The molecule has 2 amide bonds. The van der Waals surface area contributed by atoms with Crippen LogP contribution in [0.4, 0.5) is 0 Å². The summed E-state index contributed by atoms with van der Waals surface area (Å²) in [5, 5.41) is 0. The molecule has 1 unspecified atom stereocenters. The average Bonchev–Trinajstić information content (AvgIpc) is 2.61. The van der Waals surface area contributed by atoms with Crippen molar-refractivity contribution in [2.75, 3.05) is 33.2 Å². The van der Waals surface area contributed by atoms with E-state index in [1.54, 1.807) is 4.90 Å². The molecule has 1 saturated heterocycles. The van der Waals surface area contributed by atoms with E-state index in [2.05, 4.69) is 0 Å². The van der Waals surface area contributed by atoms with Gasteiger partial charge in [0.2, 0.25) is 5.91 Å². The summed E-state index contributed by atoms with van der Waals surface area (Å²) < 4.78 is 0. The van der Waals surface area contributed by atoms with Gasteiger partial charge in [0, 0.05) is 31.7 Å². The van der Waals surface area contributed by atoms with E-state index in [0.717, 1.165) is 12.1 Å². The minimum absolute atomic E-state index is 0.0356. The van der Waals surface area contributed by atoms with Crippen molar-refractivity contribution in [3.63, 3.8) is 0 Å². The molecule has 1 atom stereocenters. The zero-order valence-electron chi connectivity index (χ0n) is 12.0. The van der Waals surface area contributed by atoms with Gasteiger partial charge in [0.1, 0.15) is 0 Å². The number of nitrogens with two attached hydrogens (primary N) is 1. The molecule has 0 radical (unpaired) electrons. The Morgan fingerprint density at radius 1 is 1.15 bits per heavy atom. The molecular formula is C15H21N3O2. The van der Waals surface area contributed by atoms with E-state index < -0.39 is 0 Å². The molecule has 1 aliphatic rings. The van der Waals surface area contributed by atoms with Crippen LogP contribution in [0.2, 0.25) is 0 Å². The van der Waals surface area contributed by atoms with Crippen LogP contribution in [0.25, 0.3) is 0 Å². The molecule has 0 spiro atoms. The summed E-state index contributed by atoms with van der Waals surface area (Å²) in [4.78, 5) is 27.7. The van der Waals surface area contributed by atoms with Crippen LogP contribution in [0.3, 0.4) is 0 Å². The first-order valence-electron chi connectivity index (χ1n) is 6.81. The standard InChI is InChI=1S/C15H21N3O2/c1-11-3-5-12(6-4-11)15(20)18-8-7-17(2)9-13(10-18)14(16)19/h3-6,13H,7-10H2,1-2H3,(H2,16,19). The smallest absolute Gasteiger partial charge is 0.253 e. The Bertz CT molecular complexity index is 498. The highest BCUT2D eigenvalue weighted by Gasteiger charge is 2.27. The Labute approximate surface area is 119 Å². The van der Waals surface area contributed by atoms with Crippen molar-refractivity contribution < 1.29 is 9.59 Å². The van der Waals surface area contributed by atoms with E-state index >= 15 is 0 Å². The Balaban J connectivity index is 2.15. The van der Waals surface area contributed by atoms with Gasteiger partial charge in [-0.25, -0.2) is 0 Å². The largest absolute Gasteiger partial charge is 0.369 e. The number of benzene rings is 1. The van der Waals surface area contributed by atoms with E-state index in [4.69, 9.17) is 5.73 Å². The summed E-state index contributed by atoms with van der Waals surface area (Å²) >= 11 is 0. The van der Waals surface area contributed by atoms with E-state index in [9.17, 15) is 9.59 Å². The molecule has 0 aliphatic carbocycles. The van der Waals surface area contributed by atoms with Crippen molar-refractivity contribution in [3.05, 3.63) is 35.4 Å². The molecule has 1 aromatic rings. The zero-order chi connectivity index (χ0) is 14.7. The summed E-state index contributed by atoms with van der Waals surface area (Å²) in [6, 6.07) is 7.49. The van der Waals surface area contributed by atoms with Crippen molar-refractivity contribution in [1.82, 2.24) is 9.80 Å². The van der Waals surface area contributed by atoms with Crippen LogP contribution in [0.1, 0.15) is 15.9 Å². The number of carbonyl (C=O) groups is 2. The number of primary amides is 1. The fraction of sp³-hybridized carbons (Fsp3) is 0.467. The second-order valence-electron chi connectivity index (χ2n) is 5.48. The van der Waals surface area contributed by atoms with E-state index in [1.165, 1.54) is 0 Å². The molecule has 20 heavy (non-hydrogen) atoms. The fourth-order valence-electron chi connectivity index (χ4n) is 2.42. The molecule has 2 N–H and O–H groups in total. The number of hydrogen-bond acceptors (Lipinski definition) is 3. The van der Waals surface area contributed by atoms with Crippen molar-refractivity contribution in [1.29, 1.82) is 0 Å². The molecule has 0 aromatic heterocycles. The SMILES string of the molecule is Cc1ccc(C(=O)N2CCN(C)CC(C(N)=O)C2)cc1. The highest BCUT2D eigenvalue weighted by Crippen LogP contribution is 2.13. The Kier molecular flexibility index (Phi) is 4.39. The molecule has 0 bridgehead atoms. The number of hydrogen-bond donors (Lipinski definition) is 1. The molecular weight excluding hydrogens is 254 g/mol. The number of aryl methyl sites for hydroxylation is 1. The summed E-state index contributed by atoms with van der Waals surface area (Å²) in [6.07, 6.45) is 0.